The van der Waals surface area contributed by atoms with E-state index in [0.29, 0.717) is 0 Å². The summed E-state index contributed by atoms with van der Waals surface area (Å²) in [5.41, 5.74) is 5.33. The summed E-state index contributed by atoms with van der Waals surface area (Å²) in [4.78, 5) is 0. The van der Waals surface area contributed by atoms with Crippen molar-refractivity contribution in [1.82, 2.24) is 30.1 Å². The SMILES string of the molecule is Cc1ccccc1Cn1cc(CNCCCSc2nnnn2C)c2ccccc21. The molecule has 0 radical (unpaired) electrons. The minimum Gasteiger partial charge on any atom is -0.343 e. The molecule has 7 heteroatoms. The summed E-state index contributed by atoms with van der Waals surface area (Å²) in [6, 6.07) is 17.3. The summed E-state index contributed by atoms with van der Waals surface area (Å²) in [6.45, 7) is 4.92. The zero-order chi connectivity index (χ0) is 20.1. The molecule has 2 aromatic heterocycles. The van der Waals surface area contributed by atoms with Crippen LogP contribution in [0.2, 0.25) is 0 Å². The first-order chi connectivity index (χ1) is 14.2. The van der Waals surface area contributed by atoms with Crippen molar-refractivity contribution < 1.29 is 0 Å². The lowest BCUT2D eigenvalue weighted by atomic mass is 10.1. The summed E-state index contributed by atoms with van der Waals surface area (Å²) in [5.74, 6) is 0.996. The Morgan fingerprint density at radius 2 is 1.86 bits per heavy atom. The standard InChI is InChI=1S/C22H26N6S/c1-17-8-3-4-9-18(17)15-28-16-19(20-10-5-6-11-21(20)28)14-23-12-7-13-29-22-24-25-26-27(22)2/h3-6,8-11,16,23H,7,12-15H2,1-2H3. The fraction of sp³-hybridized carbons (Fsp3) is 0.318. The van der Waals surface area contributed by atoms with Crippen LogP contribution >= 0.6 is 11.8 Å². The molecule has 0 fully saturated rings. The molecule has 150 valence electrons. The molecular formula is C22H26N6S. The zero-order valence-corrected chi connectivity index (χ0v) is 17.7. The minimum absolute atomic E-state index is 0.865. The van der Waals surface area contributed by atoms with Crippen molar-refractivity contribution in [2.45, 2.75) is 31.6 Å². The summed E-state index contributed by atoms with van der Waals surface area (Å²) in [6.07, 6.45) is 3.36. The van der Waals surface area contributed by atoms with Gasteiger partial charge in [-0.1, -0.05) is 54.2 Å². The number of thioether (sulfide) groups is 1. The predicted molar refractivity (Wildman–Crippen MR) is 118 cm³/mol. The van der Waals surface area contributed by atoms with Gasteiger partial charge in [-0.3, -0.25) is 0 Å². The molecule has 0 unspecified atom stereocenters. The van der Waals surface area contributed by atoms with Crippen molar-refractivity contribution in [3.63, 3.8) is 0 Å². The number of benzene rings is 2. The highest BCUT2D eigenvalue weighted by atomic mass is 32.2. The first kappa shape index (κ1) is 19.7. The van der Waals surface area contributed by atoms with Gasteiger partial charge < -0.3 is 9.88 Å². The van der Waals surface area contributed by atoms with E-state index >= 15 is 0 Å². The van der Waals surface area contributed by atoms with Gasteiger partial charge in [0.1, 0.15) is 0 Å². The lowest BCUT2D eigenvalue weighted by Crippen LogP contribution is -2.15. The van der Waals surface area contributed by atoms with Crippen LogP contribution in [0.1, 0.15) is 23.1 Å². The van der Waals surface area contributed by atoms with E-state index < -0.39 is 0 Å². The molecule has 0 atom stereocenters. The second kappa shape index (κ2) is 9.24. The van der Waals surface area contributed by atoms with Gasteiger partial charge in [0.25, 0.3) is 0 Å². The van der Waals surface area contributed by atoms with Gasteiger partial charge in [0.15, 0.2) is 0 Å². The second-order valence-electron chi connectivity index (χ2n) is 7.19. The molecule has 0 spiro atoms. The molecule has 0 saturated carbocycles. The molecular weight excluding hydrogens is 380 g/mol. The van der Waals surface area contributed by atoms with Crippen molar-refractivity contribution >= 4 is 22.7 Å². The van der Waals surface area contributed by atoms with Crippen LogP contribution in [0.3, 0.4) is 0 Å². The average Bonchev–Trinajstić information content (AvgIpc) is 3.30. The van der Waals surface area contributed by atoms with Crippen LogP contribution in [0.5, 0.6) is 0 Å². The van der Waals surface area contributed by atoms with Crippen LogP contribution in [0, 0.1) is 6.92 Å². The second-order valence-corrected chi connectivity index (χ2v) is 8.25. The quantitative estimate of drug-likeness (QED) is 0.338. The maximum Gasteiger partial charge on any atom is 0.209 e. The van der Waals surface area contributed by atoms with Crippen molar-refractivity contribution in [3.05, 3.63) is 71.4 Å². The van der Waals surface area contributed by atoms with E-state index in [2.05, 4.69) is 87.1 Å². The Hall–Kier alpha value is -2.64. The van der Waals surface area contributed by atoms with Crippen molar-refractivity contribution in [2.24, 2.45) is 7.05 Å². The van der Waals surface area contributed by atoms with E-state index in [0.717, 1.165) is 37.0 Å². The number of tetrazole rings is 1. The highest BCUT2D eigenvalue weighted by molar-refractivity contribution is 7.99. The van der Waals surface area contributed by atoms with Crippen LogP contribution in [-0.4, -0.2) is 37.1 Å². The van der Waals surface area contributed by atoms with Crippen LogP contribution in [-0.2, 0) is 20.1 Å². The Morgan fingerprint density at radius 1 is 1.03 bits per heavy atom. The lowest BCUT2D eigenvalue weighted by Gasteiger charge is -2.08. The number of nitrogens with zero attached hydrogens (tertiary/aromatic N) is 5. The van der Waals surface area contributed by atoms with Gasteiger partial charge in [-0.05, 0) is 53.1 Å². The number of rotatable bonds is 9. The molecule has 6 nitrogen and oxygen atoms in total. The van der Waals surface area contributed by atoms with E-state index in [9.17, 15) is 0 Å². The van der Waals surface area contributed by atoms with Gasteiger partial charge in [-0.15, -0.1) is 5.10 Å². The fourth-order valence-corrected chi connectivity index (χ4v) is 4.28. The smallest absolute Gasteiger partial charge is 0.209 e. The topological polar surface area (TPSA) is 60.6 Å². The third-order valence-electron chi connectivity index (χ3n) is 5.10. The van der Waals surface area contributed by atoms with E-state index in [1.54, 1.807) is 16.4 Å². The molecule has 0 aliphatic heterocycles. The van der Waals surface area contributed by atoms with Gasteiger partial charge in [-0.2, -0.15) is 0 Å². The van der Waals surface area contributed by atoms with Crippen LogP contribution < -0.4 is 5.32 Å². The molecule has 2 aromatic carbocycles. The Bertz CT molecular complexity index is 1080. The largest absolute Gasteiger partial charge is 0.343 e. The average molecular weight is 407 g/mol. The van der Waals surface area contributed by atoms with Gasteiger partial charge in [0.05, 0.1) is 0 Å². The van der Waals surface area contributed by atoms with Gasteiger partial charge in [0, 0.05) is 43.0 Å². The van der Waals surface area contributed by atoms with E-state index in [-0.39, 0.29) is 0 Å². The lowest BCUT2D eigenvalue weighted by molar-refractivity contribution is 0.661. The molecule has 2 heterocycles. The number of fused-ring (bicyclic) bond motifs is 1. The third-order valence-corrected chi connectivity index (χ3v) is 6.20. The normalized spacial score (nSPS) is 11.4. The summed E-state index contributed by atoms with van der Waals surface area (Å²) in [5, 5.41) is 17.3. The summed E-state index contributed by atoms with van der Waals surface area (Å²) in [7, 11) is 1.87. The monoisotopic (exact) mass is 406 g/mol. The van der Waals surface area contributed by atoms with Crippen molar-refractivity contribution in [1.29, 1.82) is 0 Å². The first-order valence-electron chi connectivity index (χ1n) is 9.89. The highest BCUT2D eigenvalue weighted by Gasteiger charge is 2.09. The van der Waals surface area contributed by atoms with E-state index in [1.165, 1.54) is 27.6 Å². The highest BCUT2D eigenvalue weighted by Crippen LogP contribution is 2.23. The molecule has 1 N–H and O–H groups in total. The third kappa shape index (κ3) is 4.68. The summed E-state index contributed by atoms with van der Waals surface area (Å²) < 4.78 is 4.08. The predicted octanol–water partition coefficient (Wildman–Crippen LogP) is 3.79. The molecule has 29 heavy (non-hydrogen) atoms. The molecule has 4 rings (SSSR count). The molecule has 0 bridgehead atoms. The number of aromatic nitrogens is 5. The van der Waals surface area contributed by atoms with Crippen molar-refractivity contribution in [3.8, 4) is 0 Å². The Morgan fingerprint density at radius 3 is 2.69 bits per heavy atom. The Balaban J connectivity index is 1.36. The number of hydrogen-bond donors (Lipinski definition) is 1. The number of hydrogen-bond acceptors (Lipinski definition) is 5. The van der Waals surface area contributed by atoms with Crippen LogP contribution in [0.4, 0.5) is 0 Å². The number of aryl methyl sites for hydroxylation is 2. The zero-order valence-electron chi connectivity index (χ0n) is 16.9. The maximum absolute atomic E-state index is 4.00. The number of para-hydroxylation sites is 1. The molecule has 0 saturated heterocycles. The molecule has 0 aliphatic carbocycles. The van der Waals surface area contributed by atoms with Crippen molar-refractivity contribution in [2.75, 3.05) is 12.3 Å². The molecule has 0 aliphatic rings. The maximum atomic E-state index is 4.00. The number of nitrogens with one attached hydrogen (secondary N) is 1. The van der Waals surface area contributed by atoms with Gasteiger partial charge in [0.2, 0.25) is 5.16 Å². The molecule has 0 amide bonds. The van der Waals surface area contributed by atoms with E-state index in [4.69, 9.17) is 0 Å². The van der Waals surface area contributed by atoms with Gasteiger partial charge >= 0.3 is 0 Å². The molecule has 4 aromatic rings. The van der Waals surface area contributed by atoms with Crippen LogP contribution in [0.25, 0.3) is 10.9 Å². The van der Waals surface area contributed by atoms with Crippen LogP contribution in [0.15, 0.2) is 59.9 Å². The minimum atomic E-state index is 0.865. The van der Waals surface area contributed by atoms with Gasteiger partial charge in [-0.25, -0.2) is 4.68 Å². The first-order valence-corrected chi connectivity index (χ1v) is 10.9. The Kier molecular flexibility index (Phi) is 6.27. The Labute approximate surface area is 175 Å². The summed E-state index contributed by atoms with van der Waals surface area (Å²) >= 11 is 1.69. The van der Waals surface area contributed by atoms with E-state index in [1.807, 2.05) is 7.05 Å². The fourth-order valence-electron chi connectivity index (χ4n) is 3.49.